The first-order chi connectivity index (χ1) is 17.2. The second-order valence-corrected chi connectivity index (χ2v) is 10.8. The van der Waals surface area contributed by atoms with E-state index in [2.05, 4.69) is 102 Å². The molecule has 0 amide bonds. The molecule has 0 spiro atoms. The number of benzene rings is 2. The van der Waals surface area contributed by atoms with E-state index in [9.17, 15) is 4.79 Å². The average Bonchev–Trinajstić information content (AvgIpc) is 3.32. The molecule has 2 aromatic carbocycles. The van der Waals surface area contributed by atoms with E-state index in [1.165, 1.54) is 11.1 Å². The van der Waals surface area contributed by atoms with Crippen molar-refractivity contribution in [1.29, 1.82) is 0 Å². The molecule has 0 radical (unpaired) electrons. The lowest BCUT2D eigenvalue weighted by atomic mass is 10.0. The van der Waals surface area contributed by atoms with Gasteiger partial charge in [0.2, 0.25) is 0 Å². The number of rotatable bonds is 9. The Morgan fingerprint density at radius 2 is 1.83 bits per heavy atom. The van der Waals surface area contributed by atoms with Crippen LogP contribution in [-0.2, 0) is 18.5 Å². The van der Waals surface area contributed by atoms with Crippen LogP contribution in [0.1, 0.15) is 74.7 Å². The van der Waals surface area contributed by atoms with Gasteiger partial charge in [0, 0.05) is 18.7 Å². The van der Waals surface area contributed by atoms with Crippen molar-refractivity contribution in [2.45, 2.75) is 78.9 Å². The molecule has 0 saturated carbocycles. The molecular formula is C29H38N6O. The Labute approximate surface area is 213 Å². The molecule has 0 fully saturated rings. The molecule has 7 heteroatoms. The number of tetrazole rings is 1. The fraction of sp³-hybridized carbons (Fsp3) is 0.448. The number of nitrogens with zero attached hydrogens (tertiary/aromatic N) is 5. The zero-order chi connectivity index (χ0) is 25.9. The van der Waals surface area contributed by atoms with Crippen LogP contribution in [0, 0.1) is 13.8 Å². The Morgan fingerprint density at radius 1 is 1.08 bits per heavy atom. The van der Waals surface area contributed by atoms with Crippen molar-refractivity contribution in [3.63, 3.8) is 0 Å². The minimum absolute atomic E-state index is 0.0118. The lowest BCUT2D eigenvalue weighted by Gasteiger charge is -2.33. The van der Waals surface area contributed by atoms with Crippen LogP contribution >= 0.6 is 0 Å². The molecule has 190 valence electrons. The summed E-state index contributed by atoms with van der Waals surface area (Å²) in [5.41, 5.74) is 4.93. The number of nitrogens with one attached hydrogen (secondary N) is 1. The molecule has 1 unspecified atom stereocenters. The predicted molar refractivity (Wildman–Crippen MR) is 145 cm³/mol. The number of H-pyrrole nitrogens is 1. The normalized spacial score (nSPS) is 13.0. The standard InChI is InChI=1S/C29H38N6O/c1-7-11-25(27-31-32-33-35(27)29(4,5)6)34(15-14-22-12-9-8-10-13-22)19-24-18-23-17-20(2)16-21(3)26(23)30-28(24)36/h8-10,12-13,16-18,25H,7,11,14-15,19H2,1-6H3,(H,30,36). The predicted octanol–water partition coefficient (Wildman–Crippen LogP) is 5.47. The topological polar surface area (TPSA) is 79.7 Å². The van der Waals surface area contributed by atoms with Gasteiger partial charge in [0.25, 0.3) is 5.56 Å². The van der Waals surface area contributed by atoms with Gasteiger partial charge in [-0.1, -0.05) is 55.3 Å². The van der Waals surface area contributed by atoms with Crippen LogP contribution in [0.2, 0.25) is 0 Å². The second-order valence-electron chi connectivity index (χ2n) is 10.8. The van der Waals surface area contributed by atoms with Gasteiger partial charge < -0.3 is 4.98 Å². The maximum absolute atomic E-state index is 13.2. The van der Waals surface area contributed by atoms with Gasteiger partial charge in [-0.15, -0.1) is 5.10 Å². The molecule has 4 rings (SSSR count). The fourth-order valence-electron chi connectivity index (χ4n) is 4.96. The van der Waals surface area contributed by atoms with E-state index in [1.54, 1.807) is 0 Å². The molecule has 4 aromatic rings. The first-order valence-corrected chi connectivity index (χ1v) is 12.9. The van der Waals surface area contributed by atoms with Crippen LogP contribution in [0.15, 0.2) is 53.3 Å². The molecule has 2 heterocycles. The summed E-state index contributed by atoms with van der Waals surface area (Å²) in [5.74, 6) is 0.848. The SMILES string of the molecule is CCCC(c1nnnn1C(C)(C)C)N(CCc1ccccc1)Cc1cc2cc(C)cc(C)c2[nH]c1=O. The van der Waals surface area contributed by atoms with Gasteiger partial charge in [0.05, 0.1) is 17.1 Å². The van der Waals surface area contributed by atoms with Crippen molar-refractivity contribution < 1.29 is 0 Å². The minimum atomic E-state index is -0.245. The van der Waals surface area contributed by atoms with Crippen LogP contribution in [0.3, 0.4) is 0 Å². The molecule has 0 aliphatic rings. The molecule has 7 nitrogen and oxygen atoms in total. The van der Waals surface area contributed by atoms with Gasteiger partial charge in [-0.05, 0) is 86.5 Å². The number of aryl methyl sites for hydroxylation is 2. The Bertz CT molecular complexity index is 1370. The summed E-state index contributed by atoms with van der Waals surface area (Å²) in [6.07, 6.45) is 2.76. The summed E-state index contributed by atoms with van der Waals surface area (Å²) in [6, 6.07) is 16.8. The molecule has 2 aromatic heterocycles. The summed E-state index contributed by atoms with van der Waals surface area (Å²) in [6.45, 7) is 14.0. The lowest BCUT2D eigenvalue weighted by Crippen LogP contribution is -2.36. The van der Waals surface area contributed by atoms with E-state index >= 15 is 0 Å². The van der Waals surface area contributed by atoms with Crippen molar-refractivity contribution in [3.05, 3.63) is 87.0 Å². The first kappa shape index (κ1) is 25.8. The van der Waals surface area contributed by atoms with E-state index in [0.717, 1.165) is 53.7 Å². The molecule has 1 N–H and O–H groups in total. The Hall–Kier alpha value is -3.32. The number of aromatic nitrogens is 5. The molecule has 0 aliphatic heterocycles. The Balaban J connectivity index is 1.76. The molecule has 1 atom stereocenters. The van der Waals surface area contributed by atoms with Crippen molar-refractivity contribution in [2.75, 3.05) is 6.54 Å². The van der Waals surface area contributed by atoms with Crippen molar-refractivity contribution in [3.8, 4) is 0 Å². The number of aromatic amines is 1. The Morgan fingerprint density at radius 3 is 2.53 bits per heavy atom. The summed E-state index contributed by atoms with van der Waals surface area (Å²) in [7, 11) is 0. The van der Waals surface area contributed by atoms with Gasteiger partial charge in [0.1, 0.15) is 0 Å². The molecule has 0 aliphatic carbocycles. The van der Waals surface area contributed by atoms with E-state index < -0.39 is 0 Å². The van der Waals surface area contributed by atoms with Crippen LogP contribution < -0.4 is 5.56 Å². The molecular weight excluding hydrogens is 448 g/mol. The largest absolute Gasteiger partial charge is 0.321 e. The zero-order valence-corrected chi connectivity index (χ0v) is 22.4. The van der Waals surface area contributed by atoms with Gasteiger partial charge in [-0.3, -0.25) is 9.69 Å². The number of hydrogen-bond acceptors (Lipinski definition) is 5. The second kappa shape index (κ2) is 10.7. The number of fused-ring (bicyclic) bond motifs is 1. The van der Waals surface area contributed by atoms with Crippen molar-refractivity contribution >= 4 is 10.9 Å². The molecule has 0 saturated heterocycles. The van der Waals surface area contributed by atoms with Crippen molar-refractivity contribution in [1.82, 2.24) is 30.1 Å². The van der Waals surface area contributed by atoms with Crippen LogP contribution in [0.25, 0.3) is 10.9 Å². The summed E-state index contributed by atoms with van der Waals surface area (Å²) < 4.78 is 1.93. The average molecular weight is 487 g/mol. The van der Waals surface area contributed by atoms with Crippen molar-refractivity contribution in [2.24, 2.45) is 0 Å². The van der Waals surface area contributed by atoms with E-state index in [0.29, 0.717) is 6.54 Å². The van der Waals surface area contributed by atoms with Crippen LogP contribution in [0.4, 0.5) is 0 Å². The first-order valence-electron chi connectivity index (χ1n) is 12.9. The maximum Gasteiger partial charge on any atom is 0.252 e. The van der Waals surface area contributed by atoms with E-state index in [1.807, 2.05) is 17.7 Å². The molecule has 36 heavy (non-hydrogen) atoms. The van der Waals surface area contributed by atoms with Crippen LogP contribution in [0.5, 0.6) is 0 Å². The third-order valence-electron chi connectivity index (χ3n) is 6.70. The summed E-state index contributed by atoms with van der Waals surface area (Å²) >= 11 is 0. The highest BCUT2D eigenvalue weighted by Crippen LogP contribution is 2.29. The lowest BCUT2D eigenvalue weighted by molar-refractivity contribution is 0.158. The third kappa shape index (κ3) is 5.73. The van der Waals surface area contributed by atoms with Gasteiger partial charge in [0.15, 0.2) is 5.82 Å². The Kier molecular flexibility index (Phi) is 7.69. The fourth-order valence-corrected chi connectivity index (χ4v) is 4.96. The number of pyridine rings is 1. The smallest absolute Gasteiger partial charge is 0.252 e. The van der Waals surface area contributed by atoms with E-state index in [-0.39, 0.29) is 17.1 Å². The zero-order valence-electron chi connectivity index (χ0n) is 22.4. The quantitative estimate of drug-likeness (QED) is 0.339. The molecule has 0 bridgehead atoms. The highest BCUT2D eigenvalue weighted by atomic mass is 16.1. The summed E-state index contributed by atoms with van der Waals surface area (Å²) in [4.78, 5) is 18.8. The van der Waals surface area contributed by atoms with E-state index in [4.69, 9.17) is 0 Å². The van der Waals surface area contributed by atoms with Crippen LogP contribution in [-0.4, -0.2) is 36.6 Å². The third-order valence-corrected chi connectivity index (χ3v) is 6.70. The van der Waals surface area contributed by atoms with Gasteiger partial charge >= 0.3 is 0 Å². The highest BCUT2D eigenvalue weighted by molar-refractivity contribution is 5.82. The van der Waals surface area contributed by atoms with Gasteiger partial charge in [-0.25, -0.2) is 4.68 Å². The summed E-state index contributed by atoms with van der Waals surface area (Å²) in [5, 5.41) is 13.9. The van der Waals surface area contributed by atoms with Gasteiger partial charge in [-0.2, -0.15) is 0 Å². The number of hydrogen-bond donors (Lipinski definition) is 1. The monoisotopic (exact) mass is 486 g/mol. The maximum atomic E-state index is 13.2. The highest BCUT2D eigenvalue weighted by Gasteiger charge is 2.30. The minimum Gasteiger partial charge on any atom is -0.321 e.